The maximum absolute atomic E-state index is 12.6. The molecule has 0 aliphatic rings. The summed E-state index contributed by atoms with van der Waals surface area (Å²) in [5, 5.41) is 5.02. The van der Waals surface area contributed by atoms with E-state index < -0.39 is 6.10 Å². The molecule has 0 spiro atoms. The summed E-state index contributed by atoms with van der Waals surface area (Å²) < 4.78 is 11.8. The van der Waals surface area contributed by atoms with Crippen LogP contribution in [-0.2, 0) is 11.2 Å². The normalized spacial score (nSPS) is 11.8. The number of benzene rings is 3. The van der Waals surface area contributed by atoms with Gasteiger partial charge in [0, 0.05) is 5.39 Å². The number of rotatable bonds is 10. The highest BCUT2D eigenvalue weighted by Crippen LogP contribution is 2.26. The first-order valence-corrected chi connectivity index (χ1v) is 10.3. The highest BCUT2D eigenvalue weighted by atomic mass is 16.5. The summed E-state index contributed by atoms with van der Waals surface area (Å²) in [6, 6.07) is 22.0. The molecule has 4 heteroatoms. The fourth-order valence-electron chi connectivity index (χ4n) is 3.27. The molecule has 1 unspecified atom stereocenters. The standard InChI is InChI=1S/C25H29NO3/c1-3-8-19-13-15-21(16-14-19)28-18-17-26-25(27)23(4-2)29-24-12-7-10-20-9-5-6-11-22(20)24/h5-7,9-16,23H,3-4,8,17-18H2,1-2H3,(H,26,27). The highest BCUT2D eigenvalue weighted by Gasteiger charge is 2.18. The lowest BCUT2D eigenvalue weighted by molar-refractivity contribution is -0.128. The number of hydrogen-bond acceptors (Lipinski definition) is 3. The molecule has 3 rings (SSSR count). The number of amides is 1. The van der Waals surface area contributed by atoms with Crippen LogP contribution in [0.15, 0.2) is 66.7 Å². The third-order valence-corrected chi connectivity index (χ3v) is 4.81. The zero-order chi connectivity index (χ0) is 20.5. The van der Waals surface area contributed by atoms with Gasteiger partial charge in [-0.25, -0.2) is 0 Å². The van der Waals surface area contributed by atoms with Crippen molar-refractivity contribution in [3.8, 4) is 11.5 Å². The van der Waals surface area contributed by atoms with Crippen molar-refractivity contribution in [1.29, 1.82) is 0 Å². The summed E-state index contributed by atoms with van der Waals surface area (Å²) in [6.07, 6.45) is 2.26. The number of nitrogens with one attached hydrogen (secondary N) is 1. The van der Waals surface area contributed by atoms with Crippen LogP contribution in [0.5, 0.6) is 11.5 Å². The van der Waals surface area contributed by atoms with Crippen molar-refractivity contribution in [2.24, 2.45) is 0 Å². The molecule has 3 aromatic carbocycles. The smallest absolute Gasteiger partial charge is 0.261 e. The van der Waals surface area contributed by atoms with Gasteiger partial charge in [-0.05, 0) is 42.0 Å². The molecule has 0 aliphatic heterocycles. The second-order valence-electron chi connectivity index (χ2n) is 7.03. The molecular weight excluding hydrogens is 362 g/mol. The van der Waals surface area contributed by atoms with E-state index in [1.165, 1.54) is 5.56 Å². The molecule has 152 valence electrons. The molecule has 0 bridgehead atoms. The molecule has 0 saturated heterocycles. The van der Waals surface area contributed by atoms with E-state index in [0.29, 0.717) is 19.6 Å². The van der Waals surface area contributed by atoms with Gasteiger partial charge in [-0.1, -0.05) is 68.8 Å². The van der Waals surface area contributed by atoms with Crippen molar-refractivity contribution in [3.63, 3.8) is 0 Å². The maximum atomic E-state index is 12.6. The van der Waals surface area contributed by atoms with Crippen LogP contribution >= 0.6 is 0 Å². The minimum Gasteiger partial charge on any atom is -0.492 e. The first kappa shape index (κ1) is 20.7. The first-order chi connectivity index (χ1) is 14.2. The van der Waals surface area contributed by atoms with Gasteiger partial charge in [0.2, 0.25) is 0 Å². The second kappa shape index (κ2) is 10.5. The van der Waals surface area contributed by atoms with Crippen LogP contribution in [0, 0.1) is 0 Å². The zero-order valence-corrected chi connectivity index (χ0v) is 17.2. The van der Waals surface area contributed by atoms with Gasteiger partial charge in [0.05, 0.1) is 6.54 Å². The number of carbonyl (C=O) groups is 1. The van der Waals surface area contributed by atoms with Gasteiger partial charge in [-0.3, -0.25) is 4.79 Å². The Hall–Kier alpha value is -3.01. The minimum absolute atomic E-state index is 0.123. The Bertz CT molecular complexity index is 916. The largest absolute Gasteiger partial charge is 0.492 e. The quantitative estimate of drug-likeness (QED) is 0.487. The van der Waals surface area contributed by atoms with E-state index in [1.54, 1.807) is 0 Å². The van der Waals surface area contributed by atoms with E-state index >= 15 is 0 Å². The summed E-state index contributed by atoms with van der Waals surface area (Å²) in [7, 11) is 0. The summed E-state index contributed by atoms with van der Waals surface area (Å²) in [6.45, 7) is 4.97. The molecule has 0 aliphatic carbocycles. The van der Waals surface area contributed by atoms with Crippen molar-refractivity contribution in [2.45, 2.75) is 39.2 Å². The average Bonchev–Trinajstić information content (AvgIpc) is 2.76. The molecule has 0 aromatic heterocycles. The van der Waals surface area contributed by atoms with Crippen LogP contribution in [-0.4, -0.2) is 25.2 Å². The lowest BCUT2D eigenvalue weighted by atomic mass is 10.1. The Kier molecular flexibility index (Phi) is 7.51. The molecule has 29 heavy (non-hydrogen) atoms. The molecular formula is C25H29NO3. The molecule has 1 N–H and O–H groups in total. The Morgan fingerprint density at radius 1 is 0.966 bits per heavy atom. The predicted molar refractivity (Wildman–Crippen MR) is 118 cm³/mol. The molecule has 0 saturated carbocycles. The van der Waals surface area contributed by atoms with E-state index in [9.17, 15) is 4.79 Å². The zero-order valence-electron chi connectivity index (χ0n) is 17.2. The highest BCUT2D eigenvalue weighted by molar-refractivity contribution is 5.89. The summed E-state index contributed by atoms with van der Waals surface area (Å²) >= 11 is 0. The monoisotopic (exact) mass is 391 g/mol. The van der Waals surface area contributed by atoms with Crippen LogP contribution in [0.3, 0.4) is 0 Å². The Morgan fingerprint density at radius 2 is 1.72 bits per heavy atom. The van der Waals surface area contributed by atoms with Gasteiger partial charge < -0.3 is 14.8 Å². The number of hydrogen-bond donors (Lipinski definition) is 1. The fourth-order valence-corrected chi connectivity index (χ4v) is 3.27. The third kappa shape index (κ3) is 5.74. The van der Waals surface area contributed by atoms with Crippen LogP contribution in [0.25, 0.3) is 10.8 Å². The fraction of sp³-hybridized carbons (Fsp3) is 0.320. The number of fused-ring (bicyclic) bond motifs is 1. The average molecular weight is 392 g/mol. The van der Waals surface area contributed by atoms with Crippen LogP contribution in [0.2, 0.25) is 0 Å². The molecule has 0 fully saturated rings. The van der Waals surface area contributed by atoms with Crippen molar-refractivity contribution < 1.29 is 14.3 Å². The SMILES string of the molecule is CCCc1ccc(OCCNC(=O)C(CC)Oc2cccc3ccccc23)cc1. The number of ether oxygens (including phenoxy) is 2. The van der Waals surface area contributed by atoms with E-state index in [1.807, 2.05) is 61.5 Å². The lowest BCUT2D eigenvalue weighted by Crippen LogP contribution is -2.39. The van der Waals surface area contributed by atoms with Crippen molar-refractivity contribution in [3.05, 3.63) is 72.3 Å². The maximum Gasteiger partial charge on any atom is 0.261 e. The van der Waals surface area contributed by atoms with Gasteiger partial charge in [-0.2, -0.15) is 0 Å². The second-order valence-corrected chi connectivity index (χ2v) is 7.03. The molecule has 4 nitrogen and oxygen atoms in total. The number of carbonyl (C=O) groups excluding carboxylic acids is 1. The third-order valence-electron chi connectivity index (χ3n) is 4.81. The van der Waals surface area contributed by atoms with E-state index in [2.05, 4.69) is 24.4 Å². The van der Waals surface area contributed by atoms with Crippen molar-refractivity contribution in [1.82, 2.24) is 5.32 Å². The Balaban J connectivity index is 1.49. The topological polar surface area (TPSA) is 47.6 Å². The van der Waals surface area contributed by atoms with E-state index in [4.69, 9.17) is 9.47 Å². The van der Waals surface area contributed by atoms with Gasteiger partial charge in [0.1, 0.15) is 18.1 Å². The molecule has 3 aromatic rings. The Morgan fingerprint density at radius 3 is 2.48 bits per heavy atom. The van der Waals surface area contributed by atoms with Gasteiger partial charge in [-0.15, -0.1) is 0 Å². The minimum atomic E-state index is -0.533. The Labute approximate surface area is 172 Å². The first-order valence-electron chi connectivity index (χ1n) is 10.3. The van der Waals surface area contributed by atoms with Gasteiger partial charge in [0.15, 0.2) is 6.10 Å². The molecule has 0 heterocycles. The number of aryl methyl sites for hydroxylation is 1. The van der Waals surface area contributed by atoms with Crippen LogP contribution in [0.1, 0.15) is 32.3 Å². The van der Waals surface area contributed by atoms with E-state index in [-0.39, 0.29) is 5.91 Å². The van der Waals surface area contributed by atoms with Crippen LogP contribution < -0.4 is 14.8 Å². The van der Waals surface area contributed by atoms with Gasteiger partial charge in [0.25, 0.3) is 5.91 Å². The summed E-state index contributed by atoms with van der Waals surface area (Å²) in [5.41, 5.74) is 1.31. The summed E-state index contributed by atoms with van der Waals surface area (Å²) in [5.74, 6) is 1.42. The van der Waals surface area contributed by atoms with Crippen LogP contribution in [0.4, 0.5) is 0 Å². The summed E-state index contributed by atoms with van der Waals surface area (Å²) in [4.78, 5) is 12.6. The van der Waals surface area contributed by atoms with E-state index in [0.717, 1.165) is 35.1 Å². The molecule has 0 radical (unpaired) electrons. The van der Waals surface area contributed by atoms with Crippen molar-refractivity contribution >= 4 is 16.7 Å². The lowest BCUT2D eigenvalue weighted by Gasteiger charge is -2.18. The molecule has 1 amide bonds. The predicted octanol–water partition coefficient (Wildman–Crippen LogP) is 5.14. The van der Waals surface area contributed by atoms with Gasteiger partial charge >= 0.3 is 0 Å². The molecule has 1 atom stereocenters. The van der Waals surface area contributed by atoms with Crippen molar-refractivity contribution in [2.75, 3.05) is 13.2 Å².